The Morgan fingerprint density at radius 2 is 1.66 bits per heavy atom. The van der Waals surface area contributed by atoms with Gasteiger partial charge in [0.05, 0.1) is 5.69 Å². The van der Waals surface area contributed by atoms with E-state index in [4.69, 9.17) is 21.7 Å². The number of nitrogens with one attached hydrogen (secondary N) is 1. The number of halogens is 1. The van der Waals surface area contributed by atoms with Gasteiger partial charge in [-0.2, -0.15) is 9.61 Å². The molecule has 0 radical (unpaired) electrons. The molecule has 3 heterocycles. The van der Waals surface area contributed by atoms with Crippen LogP contribution in [0.5, 0.6) is 0 Å². The third-order valence-corrected chi connectivity index (χ3v) is 7.18. The van der Waals surface area contributed by atoms with Crippen LogP contribution in [-0.2, 0) is 4.79 Å². The number of piperidine rings is 1. The summed E-state index contributed by atoms with van der Waals surface area (Å²) in [5, 5.41) is 8.74. The molecule has 1 saturated heterocycles. The quantitative estimate of drug-likeness (QED) is 0.375. The monoisotopic (exact) mass is 487 g/mol. The summed E-state index contributed by atoms with van der Waals surface area (Å²) in [7, 11) is 0. The van der Waals surface area contributed by atoms with E-state index in [9.17, 15) is 4.79 Å². The molecule has 1 fully saturated rings. The van der Waals surface area contributed by atoms with Gasteiger partial charge in [0.1, 0.15) is 5.82 Å². The first-order valence-corrected chi connectivity index (χ1v) is 12.4. The van der Waals surface area contributed by atoms with Crippen LogP contribution < -0.4 is 10.2 Å². The minimum atomic E-state index is -0.00679. The standard InChI is InChI=1S/C28H30ClN5O/c1-17-6-5-7-18(2)26(17)31-28(35)22-12-14-33(15-13-22)24-16-19(3)30-27-25(20(4)32-34(24)27)21-8-10-23(29)11-9-21/h5-11,16,22H,12-15H2,1-4H3,(H,31,35). The largest absolute Gasteiger partial charge is 0.356 e. The molecule has 2 aromatic carbocycles. The Balaban J connectivity index is 1.38. The molecular weight excluding hydrogens is 458 g/mol. The Morgan fingerprint density at radius 3 is 2.31 bits per heavy atom. The molecule has 1 aliphatic rings. The Morgan fingerprint density at radius 1 is 1.00 bits per heavy atom. The van der Waals surface area contributed by atoms with Gasteiger partial charge in [-0.05, 0) is 69.4 Å². The molecule has 5 rings (SSSR count). The van der Waals surface area contributed by atoms with Gasteiger partial charge in [0.15, 0.2) is 5.65 Å². The van der Waals surface area contributed by atoms with E-state index in [1.54, 1.807) is 0 Å². The highest BCUT2D eigenvalue weighted by Gasteiger charge is 2.28. The SMILES string of the molecule is Cc1cc(N2CCC(C(=O)Nc3c(C)cccc3C)CC2)n2nc(C)c(-c3ccc(Cl)cc3)c2n1. The first-order valence-electron chi connectivity index (χ1n) is 12.1. The van der Waals surface area contributed by atoms with Crippen LogP contribution in [0.2, 0.25) is 5.02 Å². The molecule has 4 aromatic rings. The van der Waals surface area contributed by atoms with Gasteiger partial charge in [-0.25, -0.2) is 4.98 Å². The van der Waals surface area contributed by atoms with E-state index >= 15 is 0 Å². The average molecular weight is 488 g/mol. The van der Waals surface area contributed by atoms with Crippen molar-refractivity contribution in [1.29, 1.82) is 0 Å². The van der Waals surface area contributed by atoms with Gasteiger partial charge in [-0.15, -0.1) is 0 Å². The Kier molecular flexibility index (Phi) is 6.24. The van der Waals surface area contributed by atoms with Crippen molar-refractivity contribution < 1.29 is 4.79 Å². The number of fused-ring (bicyclic) bond motifs is 1. The second-order valence-corrected chi connectivity index (χ2v) is 9.91. The molecule has 1 aliphatic heterocycles. The van der Waals surface area contributed by atoms with Crippen LogP contribution in [0.25, 0.3) is 16.8 Å². The number of amides is 1. The van der Waals surface area contributed by atoms with Crippen molar-refractivity contribution in [2.75, 3.05) is 23.3 Å². The molecule has 0 unspecified atom stereocenters. The lowest BCUT2D eigenvalue weighted by Crippen LogP contribution is -2.39. The predicted molar refractivity (Wildman–Crippen MR) is 142 cm³/mol. The molecule has 35 heavy (non-hydrogen) atoms. The van der Waals surface area contributed by atoms with Crippen molar-refractivity contribution in [3.63, 3.8) is 0 Å². The van der Waals surface area contributed by atoms with E-state index in [0.29, 0.717) is 5.02 Å². The van der Waals surface area contributed by atoms with Gasteiger partial charge in [0, 0.05) is 47.0 Å². The van der Waals surface area contributed by atoms with Crippen LogP contribution in [0.15, 0.2) is 48.5 Å². The fourth-order valence-corrected chi connectivity index (χ4v) is 5.14. The highest BCUT2D eigenvalue weighted by atomic mass is 35.5. The number of hydrogen-bond acceptors (Lipinski definition) is 4. The maximum absolute atomic E-state index is 13.0. The van der Waals surface area contributed by atoms with Crippen LogP contribution >= 0.6 is 11.6 Å². The summed E-state index contributed by atoms with van der Waals surface area (Å²) in [6.45, 7) is 9.68. The van der Waals surface area contributed by atoms with E-state index in [1.807, 2.05) is 74.7 Å². The zero-order valence-corrected chi connectivity index (χ0v) is 21.4. The molecule has 1 amide bonds. The third kappa shape index (κ3) is 4.50. The van der Waals surface area contributed by atoms with Crippen LogP contribution in [-0.4, -0.2) is 33.6 Å². The summed E-state index contributed by atoms with van der Waals surface area (Å²) in [6, 6.07) is 16.0. The highest BCUT2D eigenvalue weighted by molar-refractivity contribution is 6.30. The summed E-state index contributed by atoms with van der Waals surface area (Å²) >= 11 is 6.11. The Labute approximate surface area is 210 Å². The summed E-state index contributed by atoms with van der Waals surface area (Å²) < 4.78 is 1.95. The smallest absolute Gasteiger partial charge is 0.227 e. The van der Waals surface area contributed by atoms with E-state index in [-0.39, 0.29) is 11.8 Å². The van der Waals surface area contributed by atoms with Crippen molar-refractivity contribution in [3.8, 4) is 11.1 Å². The van der Waals surface area contributed by atoms with E-state index in [1.165, 1.54) is 0 Å². The minimum Gasteiger partial charge on any atom is -0.356 e. The summed E-state index contributed by atoms with van der Waals surface area (Å²) in [4.78, 5) is 20.2. The zero-order chi connectivity index (χ0) is 24.7. The van der Waals surface area contributed by atoms with Gasteiger partial charge in [0.2, 0.25) is 5.91 Å². The number of para-hydroxylation sites is 1. The molecule has 180 valence electrons. The summed E-state index contributed by atoms with van der Waals surface area (Å²) in [5.41, 5.74) is 7.91. The molecule has 2 aromatic heterocycles. The number of hydrogen-bond donors (Lipinski definition) is 1. The third-order valence-electron chi connectivity index (χ3n) is 6.93. The highest BCUT2D eigenvalue weighted by Crippen LogP contribution is 2.32. The number of rotatable bonds is 4. The molecule has 0 aliphatic carbocycles. The molecule has 0 saturated carbocycles. The number of carbonyl (C=O) groups is 1. The topological polar surface area (TPSA) is 62.5 Å². The van der Waals surface area contributed by atoms with E-state index < -0.39 is 0 Å². The van der Waals surface area contributed by atoms with Crippen LogP contribution in [0.1, 0.15) is 35.4 Å². The second kappa shape index (κ2) is 9.34. The molecule has 7 heteroatoms. The van der Waals surface area contributed by atoms with E-state index in [2.05, 4.69) is 16.3 Å². The number of carbonyl (C=O) groups excluding carboxylic acids is 1. The zero-order valence-electron chi connectivity index (χ0n) is 20.6. The lowest BCUT2D eigenvalue weighted by atomic mass is 9.95. The maximum atomic E-state index is 13.0. The van der Waals surface area contributed by atoms with Crippen molar-refractivity contribution in [1.82, 2.24) is 14.6 Å². The summed E-state index contributed by atoms with van der Waals surface area (Å²) in [6.07, 6.45) is 1.59. The number of aryl methyl sites for hydroxylation is 4. The van der Waals surface area contributed by atoms with Gasteiger partial charge >= 0.3 is 0 Å². The Hall–Kier alpha value is -3.38. The lowest BCUT2D eigenvalue weighted by Gasteiger charge is -2.33. The number of aromatic nitrogens is 3. The molecule has 6 nitrogen and oxygen atoms in total. The lowest BCUT2D eigenvalue weighted by molar-refractivity contribution is -0.120. The summed E-state index contributed by atoms with van der Waals surface area (Å²) in [5.74, 6) is 1.12. The number of nitrogens with zero attached hydrogens (tertiary/aromatic N) is 4. The molecule has 0 bridgehead atoms. The first-order chi connectivity index (χ1) is 16.8. The van der Waals surface area contributed by atoms with Gasteiger partial charge in [-0.3, -0.25) is 4.79 Å². The normalized spacial score (nSPS) is 14.5. The number of benzene rings is 2. The molecule has 0 spiro atoms. The number of anilines is 2. The van der Waals surface area contributed by atoms with Crippen LogP contribution in [0.3, 0.4) is 0 Å². The molecule has 0 atom stereocenters. The molecular formula is C28H30ClN5O. The maximum Gasteiger partial charge on any atom is 0.227 e. The van der Waals surface area contributed by atoms with Gasteiger partial charge in [-0.1, -0.05) is 41.9 Å². The predicted octanol–water partition coefficient (Wildman–Crippen LogP) is 6.14. The van der Waals surface area contributed by atoms with Crippen LogP contribution in [0.4, 0.5) is 11.5 Å². The Bertz CT molecular complexity index is 1380. The first kappa shape index (κ1) is 23.4. The van der Waals surface area contributed by atoms with Crippen molar-refractivity contribution >= 4 is 34.7 Å². The van der Waals surface area contributed by atoms with Crippen molar-refractivity contribution in [2.45, 2.75) is 40.5 Å². The fourth-order valence-electron chi connectivity index (χ4n) is 5.01. The minimum absolute atomic E-state index is 0.00679. The molecule has 1 N–H and O–H groups in total. The van der Waals surface area contributed by atoms with Crippen molar-refractivity contribution in [3.05, 3.63) is 76.1 Å². The fraction of sp³-hybridized carbons (Fsp3) is 0.321. The van der Waals surface area contributed by atoms with Gasteiger partial charge in [0.25, 0.3) is 0 Å². The van der Waals surface area contributed by atoms with Crippen molar-refractivity contribution in [2.24, 2.45) is 5.92 Å². The van der Waals surface area contributed by atoms with Gasteiger partial charge < -0.3 is 10.2 Å². The second-order valence-electron chi connectivity index (χ2n) is 9.48. The van der Waals surface area contributed by atoms with Crippen LogP contribution in [0, 0.1) is 33.6 Å². The average Bonchev–Trinajstić information content (AvgIpc) is 3.17. The van der Waals surface area contributed by atoms with E-state index in [0.717, 1.165) is 76.7 Å².